The number of benzene rings is 1. The average molecular weight is 301 g/mol. The van der Waals surface area contributed by atoms with Gasteiger partial charge in [-0.3, -0.25) is 4.79 Å². The van der Waals surface area contributed by atoms with Crippen LogP contribution in [-0.2, 0) is 9.47 Å². The number of anilines is 1. The van der Waals surface area contributed by atoms with Gasteiger partial charge in [0.05, 0.1) is 35.5 Å². The van der Waals surface area contributed by atoms with E-state index in [1.807, 2.05) is 6.92 Å². The second-order valence-electron chi connectivity index (χ2n) is 4.50. The molecule has 0 radical (unpaired) electrons. The van der Waals surface area contributed by atoms with Crippen molar-refractivity contribution in [1.82, 2.24) is 4.90 Å². The van der Waals surface area contributed by atoms with Crippen molar-refractivity contribution in [2.45, 2.75) is 13.0 Å². The van der Waals surface area contributed by atoms with Crippen molar-refractivity contribution >= 4 is 23.2 Å². The zero-order chi connectivity index (χ0) is 15.1. The van der Waals surface area contributed by atoms with Gasteiger partial charge in [-0.05, 0) is 19.1 Å². The molecule has 0 saturated heterocycles. The van der Waals surface area contributed by atoms with Gasteiger partial charge < -0.3 is 20.1 Å². The summed E-state index contributed by atoms with van der Waals surface area (Å²) in [6, 6.07) is 4.96. The Balaban J connectivity index is 2.99. The summed E-state index contributed by atoms with van der Waals surface area (Å²) >= 11 is 5.96. The first-order chi connectivity index (χ1) is 9.52. The minimum absolute atomic E-state index is 0.0824. The van der Waals surface area contributed by atoms with Crippen LogP contribution in [0.2, 0.25) is 5.02 Å². The molecular weight excluding hydrogens is 280 g/mol. The fraction of sp³-hybridized carbons (Fsp3) is 0.500. The van der Waals surface area contributed by atoms with Crippen LogP contribution in [0.25, 0.3) is 0 Å². The van der Waals surface area contributed by atoms with E-state index >= 15 is 0 Å². The molecule has 6 heteroatoms. The third-order valence-electron chi connectivity index (χ3n) is 3.02. The highest BCUT2D eigenvalue weighted by atomic mass is 35.5. The molecule has 0 saturated carbocycles. The van der Waals surface area contributed by atoms with Crippen LogP contribution in [0.3, 0.4) is 0 Å². The highest BCUT2D eigenvalue weighted by Gasteiger charge is 2.23. The number of ether oxygens (including phenoxy) is 2. The topological polar surface area (TPSA) is 64.8 Å². The lowest BCUT2D eigenvalue weighted by atomic mass is 10.1. The largest absolute Gasteiger partial charge is 0.397 e. The van der Waals surface area contributed by atoms with Crippen molar-refractivity contribution < 1.29 is 14.3 Å². The minimum atomic E-state index is -0.174. The van der Waals surface area contributed by atoms with Crippen molar-refractivity contribution in [1.29, 1.82) is 0 Å². The number of hydrogen-bond donors (Lipinski definition) is 1. The van der Waals surface area contributed by atoms with Crippen LogP contribution in [0, 0.1) is 0 Å². The summed E-state index contributed by atoms with van der Waals surface area (Å²) < 4.78 is 10.2. The molecule has 0 spiro atoms. The maximum absolute atomic E-state index is 12.6. The molecule has 1 atom stereocenters. The minimum Gasteiger partial charge on any atom is -0.397 e. The van der Waals surface area contributed by atoms with Crippen molar-refractivity contribution in [2.75, 3.05) is 39.7 Å². The molecule has 0 heterocycles. The molecule has 1 unspecified atom stereocenters. The second-order valence-corrected chi connectivity index (χ2v) is 4.90. The van der Waals surface area contributed by atoms with Crippen molar-refractivity contribution in [3.63, 3.8) is 0 Å². The van der Waals surface area contributed by atoms with Crippen LogP contribution in [0.15, 0.2) is 18.2 Å². The van der Waals surface area contributed by atoms with Crippen LogP contribution in [0.5, 0.6) is 0 Å². The van der Waals surface area contributed by atoms with Crippen molar-refractivity contribution in [2.24, 2.45) is 0 Å². The predicted molar refractivity (Wildman–Crippen MR) is 80.1 cm³/mol. The van der Waals surface area contributed by atoms with E-state index in [0.717, 1.165) is 0 Å². The molecule has 0 aliphatic carbocycles. The van der Waals surface area contributed by atoms with Gasteiger partial charge in [-0.15, -0.1) is 0 Å². The van der Waals surface area contributed by atoms with Gasteiger partial charge in [0, 0.05) is 20.8 Å². The Labute approximate surface area is 124 Å². The molecule has 0 aliphatic rings. The molecular formula is C14H21ClN2O3. The van der Waals surface area contributed by atoms with E-state index in [2.05, 4.69) is 0 Å². The Bertz CT molecular complexity index is 454. The van der Waals surface area contributed by atoms with Gasteiger partial charge >= 0.3 is 0 Å². The fourth-order valence-electron chi connectivity index (χ4n) is 1.92. The summed E-state index contributed by atoms with van der Waals surface area (Å²) in [6.07, 6.45) is 0. The standard InChI is InChI=1S/C14H21ClN2O3/c1-10(9-20-3)17(7-8-19-2)14(18)11-5-4-6-12(15)13(11)16/h4-6,10H,7-9,16H2,1-3H3. The zero-order valence-electron chi connectivity index (χ0n) is 12.1. The molecule has 112 valence electrons. The third-order valence-corrected chi connectivity index (χ3v) is 3.35. The lowest BCUT2D eigenvalue weighted by Gasteiger charge is -2.29. The maximum atomic E-state index is 12.6. The van der Waals surface area contributed by atoms with E-state index in [4.69, 9.17) is 26.8 Å². The Kier molecular flexibility index (Phi) is 6.78. The van der Waals surface area contributed by atoms with Crippen molar-refractivity contribution in [3.05, 3.63) is 28.8 Å². The molecule has 1 aromatic rings. The van der Waals surface area contributed by atoms with E-state index in [0.29, 0.717) is 36.0 Å². The zero-order valence-corrected chi connectivity index (χ0v) is 12.8. The van der Waals surface area contributed by atoms with Gasteiger partial charge in [-0.1, -0.05) is 17.7 Å². The Morgan fingerprint density at radius 1 is 1.40 bits per heavy atom. The van der Waals surface area contributed by atoms with Crippen molar-refractivity contribution in [3.8, 4) is 0 Å². The molecule has 0 bridgehead atoms. The number of halogens is 1. The summed E-state index contributed by atoms with van der Waals surface area (Å²) in [5.41, 5.74) is 6.58. The number of carbonyl (C=O) groups excluding carboxylic acids is 1. The smallest absolute Gasteiger partial charge is 0.256 e. The van der Waals surface area contributed by atoms with E-state index in [1.54, 1.807) is 37.3 Å². The number of amides is 1. The number of hydrogen-bond acceptors (Lipinski definition) is 4. The van der Waals surface area contributed by atoms with E-state index < -0.39 is 0 Å². The number of methoxy groups -OCH3 is 2. The highest BCUT2D eigenvalue weighted by molar-refractivity contribution is 6.33. The van der Waals surface area contributed by atoms with Gasteiger partial charge in [0.1, 0.15) is 0 Å². The van der Waals surface area contributed by atoms with E-state index in [-0.39, 0.29) is 11.9 Å². The predicted octanol–water partition coefficient (Wildman–Crippen LogP) is 2.05. The molecule has 20 heavy (non-hydrogen) atoms. The normalized spacial score (nSPS) is 12.2. The summed E-state index contributed by atoms with van der Waals surface area (Å²) in [4.78, 5) is 14.3. The molecule has 1 rings (SSSR count). The lowest BCUT2D eigenvalue weighted by Crippen LogP contribution is -2.43. The van der Waals surface area contributed by atoms with Gasteiger partial charge in [-0.2, -0.15) is 0 Å². The molecule has 1 amide bonds. The average Bonchev–Trinajstić information content (AvgIpc) is 2.42. The Morgan fingerprint density at radius 2 is 2.10 bits per heavy atom. The highest BCUT2D eigenvalue weighted by Crippen LogP contribution is 2.24. The number of nitrogens with two attached hydrogens (primary N) is 1. The summed E-state index contributed by atoms with van der Waals surface area (Å²) in [6.45, 7) is 3.26. The van der Waals surface area contributed by atoms with Gasteiger partial charge in [0.2, 0.25) is 0 Å². The summed E-state index contributed by atoms with van der Waals surface area (Å²) in [5.74, 6) is -0.174. The molecule has 0 fully saturated rings. The van der Waals surface area contributed by atoms with Gasteiger partial charge in [0.15, 0.2) is 0 Å². The molecule has 0 aliphatic heterocycles. The van der Waals surface area contributed by atoms with Crippen LogP contribution in [0.4, 0.5) is 5.69 Å². The number of para-hydroxylation sites is 1. The molecule has 2 N–H and O–H groups in total. The van der Waals surface area contributed by atoms with Crippen LogP contribution in [-0.4, -0.2) is 50.8 Å². The fourth-order valence-corrected chi connectivity index (χ4v) is 2.10. The lowest BCUT2D eigenvalue weighted by molar-refractivity contribution is 0.0480. The number of nitrogens with zero attached hydrogens (tertiary/aromatic N) is 1. The number of carbonyl (C=O) groups is 1. The second kappa shape index (κ2) is 8.09. The monoisotopic (exact) mass is 300 g/mol. The number of rotatable bonds is 7. The SMILES string of the molecule is COCCN(C(=O)c1cccc(Cl)c1N)C(C)COC. The quantitative estimate of drug-likeness (QED) is 0.783. The van der Waals surface area contributed by atoms with Gasteiger partial charge in [0.25, 0.3) is 5.91 Å². The molecule has 0 aromatic heterocycles. The van der Waals surface area contributed by atoms with E-state index in [1.165, 1.54) is 0 Å². The summed E-state index contributed by atoms with van der Waals surface area (Å²) in [7, 11) is 3.20. The Hall–Kier alpha value is -1.30. The van der Waals surface area contributed by atoms with Gasteiger partial charge in [-0.25, -0.2) is 0 Å². The first-order valence-corrected chi connectivity index (χ1v) is 6.73. The maximum Gasteiger partial charge on any atom is 0.256 e. The third kappa shape index (κ3) is 4.10. The summed E-state index contributed by atoms with van der Waals surface area (Å²) in [5, 5.41) is 0.377. The Morgan fingerprint density at radius 3 is 2.70 bits per heavy atom. The first kappa shape index (κ1) is 16.8. The first-order valence-electron chi connectivity index (χ1n) is 6.35. The van der Waals surface area contributed by atoms with Crippen LogP contribution >= 0.6 is 11.6 Å². The molecule has 1 aromatic carbocycles. The van der Waals surface area contributed by atoms with Crippen LogP contribution in [0.1, 0.15) is 17.3 Å². The van der Waals surface area contributed by atoms with Crippen LogP contribution < -0.4 is 5.73 Å². The number of nitrogen functional groups attached to an aromatic ring is 1. The molecule has 5 nitrogen and oxygen atoms in total. The van der Waals surface area contributed by atoms with E-state index in [9.17, 15) is 4.79 Å².